The molecule has 1 fully saturated rings. The van der Waals surface area contributed by atoms with Crippen LogP contribution in [-0.4, -0.2) is 36.3 Å². The first-order chi connectivity index (χ1) is 13.1. The van der Waals surface area contributed by atoms with Gasteiger partial charge in [-0.05, 0) is 23.3 Å². The SMILES string of the molecule is COc1ccc(-c2ccccc2)cc1NC(=O)[C@@H]1[C@@H](C(=O)O)[C@@H]2C=C[C@@H]1O2. The molecular formula is C21H19NO5. The Balaban J connectivity index is 1.63. The predicted molar refractivity (Wildman–Crippen MR) is 99.5 cm³/mol. The highest BCUT2D eigenvalue weighted by Gasteiger charge is 2.53. The van der Waals surface area contributed by atoms with Crippen molar-refractivity contribution in [3.8, 4) is 16.9 Å². The Labute approximate surface area is 156 Å². The number of fused-ring (bicyclic) bond motifs is 2. The maximum absolute atomic E-state index is 12.9. The van der Waals surface area contributed by atoms with Crippen molar-refractivity contribution < 1.29 is 24.2 Å². The molecule has 2 N–H and O–H groups in total. The van der Waals surface area contributed by atoms with Crippen molar-refractivity contribution in [2.45, 2.75) is 12.2 Å². The third kappa shape index (κ3) is 3.08. The highest BCUT2D eigenvalue weighted by molar-refractivity contribution is 5.98. The Bertz CT molecular complexity index is 908. The van der Waals surface area contributed by atoms with E-state index in [-0.39, 0.29) is 5.91 Å². The third-order valence-corrected chi connectivity index (χ3v) is 5.05. The van der Waals surface area contributed by atoms with E-state index in [0.717, 1.165) is 11.1 Å². The molecule has 2 aromatic rings. The van der Waals surface area contributed by atoms with Crippen LogP contribution in [0.15, 0.2) is 60.7 Å². The van der Waals surface area contributed by atoms with Gasteiger partial charge < -0.3 is 19.9 Å². The van der Waals surface area contributed by atoms with Crippen LogP contribution in [0.5, 0.6) is 5.75 Å². The molecule has 0 saturated carbocycles. The average molecular weight is 365 g/mol. The molecular weight excluding hydrogens is 346 g/mol. The van der Waals surface area contributed by atoms with Gasteiger partial charge >= 0.3 is 5.97 Å². The summed E-state index contributed by atoms with van der Waals surface area (Å²) in [5.41, 5.74) is 2.43. The summed E-state index contributed by atoms with van der Waals surface area (Å²) in [4.78, 5) is 24.5. The molecule has 2 bridgehead atoms. The Kier molecular flexibility index (Phi) is 4.41. The number of nitrogens with one attached hydrogen (secondary N) is 1. The Hall–Kier alpha value is -3.12. The maximum Gasteiger partial charge on any atom is 0.310 e. The molecule has 2 heterocycles. The highest BCUT2D eigenvalue weighted by atomic mass is 16.5. The molecule has 6 nitrogen and oxygen atoms in total. The van der Waals surface area contributed by atoms with Crippen LogP contribution in [0.1, 0.15) is 0 Å². The number of hydrogen-bond acceptors (Lipinski definition) is 4. The number of methoxy groups -OCH3 is 1. The van der Waals surface area contributed by atoms with E-state index >= 15 is 0 Å². The minimum absolute atomic E-state index is 0.386. The second-order valence-corrected chi connectivity index (χ2v) is 6.61. The fraction of sp³-hybridized carbons (Fsp3) is 0.238. The van der Waals surface area contributed by atoms with E-state index < -0.39 is 30.0 Å². The largest absolute Gasteiger partial charge is 0.495 e. The Morgan fingerprint density at radius 3 is 2.37 bits per heavy atom. The lowest BCUT2D eigenvalue weighted by Crippen LogP contribution is -2.39. The molecule has 0 spiro atoms. The zero-order valence-corrected chi connectivity index (χ0v) is 14.7. The number of carboxylic acid groups (broad SMARTS) is 1. The van der Waals surface area contributed by atoms with Gasteiger partial charge in [0.25, 0.3) is 0 Å². The number of carbonyl (C=O) groups is 2. The van der Waals surface area contributed by atoms with Crippen LogP contribution in [0, 0.1) is 11.8 Å². The van der Waals surface area contributed by atoms with Gasteiger partial charge in [0.15, 0.2) is 0 Å². The molecule has 4 atom stereocenters. The van der Waals surface area contributed by atoms with Gasteiger partial charge in [-0.15, -0.1) is 0 Å². The number of carbonyl (C=O) groups excluding carboxylic acids is 1. The standard InChI is InChI=1S/C21H19NO5/c1-26-15-8-7-13(12-5-3-2-4-6-12)11-14(15)22-20(23)18-16-9-10-17(27-16)19(18)21(24)25/h2-11,16-19H,1H3,(H,22,23)(H,24,25)/t16-,17-,18-,19-/m0/s1. The zero-order chi connectivity index (χ0) is 19.0. The molecule has 2 aliphatic rings. The first-order valence-electron chi connectivity index (χ1n) is 8.69. The average Bonchev–Trinajstić information content (AvgIpc) is 3.30. The summed E-state index contributed by atoms with van der Waals surface area (Å²) < 4.78 is 10.9. The van der Waals surface area contributed by atoms with Gasteiger partial charge in [-0.3, -0.25) is 9.59 Å². The van der Waals surface area contributed by atoms with Crippen LogP contribution in [0.4, 0.5) is 5.69 Å². The molecule has 0 aromatic heterocycles. The molecule has 2 aromatic carbocycles. The second kappa shape index (κ2) is 6.89. The lowest BCUT2D eigenvalue weighted by molar-refractivity contribution is -0.145. The summed E-state index contributed by atoms with van der Waals surface area (Å²) in [6.07, 6.45) is 2.40. The van der Waals surface area contributed by atoms with Gasteiger partial charge in [-0.1, -0.05) is 48.6 Å². The number of benzene rings is 2. The smallest absolute Gasteiger partial charge is 0.310 e. The topological polar surface area (TPSA) is 84.9 Å². The monoisotopic (exact) mass is 365 g/mol. The summed E-state index contributed by atoms with van der Waals surface area (Å²) in [5, 5.41) is 12.3. The number of rotatable bonds is 5. The minimum Gasteiger partial charge on any atom is -0.495 e. The first kappa shape index (κ1) is 17.3. The zero-order valence-electron chi connectivity index (χ0n) is 14.7. The van der Waals surface area contributed by atoms with E-state index in [1.807, 2.05) is 42.5 Å². The molecule has 1 amide bonds. The number of hydrogen-bond donors (Lipinski definition) is 2. The molecule has 6 heteroatoms. The number of aliphatic carboxylic acids is 1. The van der Waals surface area contributed by atoms with Crippen molar-refractivity contribution in [3.05, 3.63) is 60.7 Å². The molecule has 1 saturated heterocycles. The third-order valence-electron chi connectivity index (χ3n) is 5.05. The number of ether oxygens (including phenoxy) is 2. The normalized spacial score (nSPS) is 25.4. The highest BCUT2D eigenvalue weighted by Crippen LogP contribution is 2.40. The first-order valence-corrected chi connectivity index (χ1v) is 8.69. The molecule has 138 valence electrons. The Morgan fingerprint density at radius 1 is 1.00 bits per heavy atom. The van der Waals surface area contributed by atoms with Crippen molar-refractivity contribution in [1.82, 2.24) is 0 Å². The van der Waals surface area contributed by atoms with E-state index in [9.17, 15) is 14.7 Å². The van der Waals surface area contributed by atoms with E-state index in [2.05, 4.69) is 5.32 Å². The predicted octanol–water partition coefficient (Wildman–Crippen LogP) is 2.95. The van der Waals surface area contributed by atoms with Crippen molar-refractivity contribution in [3.63, 3.8) is 0 Å². The molecule has 0 aliphatic carbocycles. The van der Waals surface area contributed by atoms with Crippen LogP contribution in [0.25, 0.3) is 11.1 Å². The van der Waals surface area contributed by atoms with Gasteiger partial charge in [0, 0.05) is 0 Å². The molecule has 2 aliphatic heterocycles. The second-order valence-electron chi connectivity index (χ2n) is 6.61. The van der Waals surface area contributed by atoms with Gasteiger partial charge in [0.05, 0.1) is 30.9 Å². The van der Waals surface area contributed by atoms with Crippen molar-refractivity contribution in [2.24, 2.45) is 11.8 Å². The van der Waals surface area contributed by atoms with Crippen LogP contribution < -0.4 is 10.1 Å². The fourth-order valence-corrected chi connectivity index (χ4v) is 3.75. The summed E-state index contributed by atoms with van der Waals surface area (Å²) in [5.74, 6) is -2.57. The molecule has 27 heavy (non-hydrogen) atoms. The van der Waals surface area contributed by atoms with Gasteiger partial charge in [0.1, 0.15) is 11.7 Å². The number of carboxylic acids is 1. The number of amides is 1. The molecule has 0 radical (unpaired) electrons. The van der Waals surface area contributed by atoms with Gasteiger partial charge in [-0.25, -0.2) is 0 Å². The van der Waals surface area contributed by atoms with Crippen LogP contribution in [0.2, 0.25) is 0 Å². The molecule has 4 rings (SSSR count). The summed E-state index contributed by atoms with van der Waals surface area (Å²) in [6, 6.07) is 15.3. The van der Waals surface area contributed by atoms with Crippen LogP contribution in [0.3, 0.4) is 0 Å². The fourth-order valence-electron chi connectivity index (χ4n) is 3.75. The molecule has 0 unspecified atom stereocenters. The summed E-state index contributed by atoms with van der Waals surface area (Å²) in [6.45, 7) is 0. The summed E-state index contributed by atoms with van der Waals surface area (Å²) >= 11 is 0. The van der Waals surface area contributed by atoms with E-state index in [4.69, 9.17) is 9.47 Å². The van der Waals surface area contributed by atoms with E-state index in [0.29, 0.717) is 11.4 Å². The maximum atomic E-state index is 12.9. The quantitative estimate of drug-likeness (QED) is 0.796. The summed E-state index contributed by atoms with van der Waals surface area (Å²) in [7, 11) is 1.52. The lowest BCUT2D eigenvalue weighted by atomic mass is 9.82. The van der Waals surface area contributed by atoms with Gasteiger partial charge in [-0.2, -0.15) is 0 Å². The van der Waals surface area contributed by atoms with E-state index in [1.165, 1.54) is 7.11 Å². The van der Waals surface area contributed by atoms with Crippen molar-refractivity contribution in [1.29, 1.82) is 0 Å². The van der Waals surface area contributed by atoms with E-state index in [1.54, 1.807) is 18.2 Å². The van der Waals surface area contributed by atoms with Crippen LogP contribution in [-0.2, 0) is 14.3 Å². The lowest BCUT2D eigenvalue weighted by Gasteiger charge is -2.22. The van der Waals surface area contributed by atoms with Crippen LogP contribution >= 0.6 is 0 Å². The van der Waals surface area contributed by atoms with Gasteiger partial charge in [0.2, 0.25) is 5.91 Å². The number of anilines is 1. The van der Waals surface area contributed by atoms with Crippen molar-refractivity contribution >= 4 is 17.6 Å². The Morgan fingerprint density at radius 2 is 1.70 bits per heavy atom. The minimum atomic E-state index is -1.03. The van der Waals surface area contributed by atoms with Crippen molar-refractivity contribution in [2.75, 3.05) is 12.4 Å².